The van der Waals surface area contributed by atoms with Crippen molar-refractivity contribution in [2.75, 3.05) is 0 Å². The molecular weight excluding hydrogens is 344 g/mol. The van der Waals surface area contributed by atoms with Gasteiger partial charge in [-0.1, -0.05) is 19.8 Å². The summed E-state index contributed by atoms with van der Waals surface area (Å²) in [7, 11) is 0. The summed E-state index contributed by atoms with van der Waals surface area (Å²) in [5, 5.41) is 0. The Hall–Kier alpha value is -0.740. The molecule has 150 valence electrons. The van der Waals surface area contributed by atoms with Crippen molar-refractivity contribution in [1.29, 1.82) is 0 Å². The van der Waals surface area contributed by atoms with Gasteiger partial charge in [0.05, 0.1) is 0 Å². The van der Waals surface area contributed by atoms with Crippen LogP contribution in [-0.2, 0) is 4.74 Å². The van der Waals surface area contributed by atoms with Crippen molar-refractivity contribution in [2.45, 2.75) is 89.6 Å². The first-order valence-electron chi connectivity index (χ1n) is 10.4. The third-order valence-electron chi connectivity index (χ3n) is 7.28. The number of halogens is 4. The molecule has 0 saturated heterocycles. The van der Waals surface area contributed by atoms with Gasteiger partial charge in [-0.15, -0.1) is 0 Å². The Bertz CT molecular complexity index is 471. The minimum absolute atomic E-state index is 0.0198. The van der Waals surface area contributed by atoms with E-state index in [1.54, 1.807) is 0 Å². The molecule has 0 N–H and O–H groups in total. The molecule has 3 rings (SSSR count). The van der Waals surface area contributed by atoms with Crippen molar-refractivity contribution in [3.63, 3.8) is 0 Å². The molecule has 0 aromatic heterocycles. The molecule has 0 spiro atoms. The minimum Gasteiger partial charge on any atom is -0.489 e. The van der Waals surface area contributed by atoms with Crippen LogP contribution >= 0.6 is 0 Å². The molecule has 3 aliphatic rings. The Balaban J connectivity index is 1.48. The summed E-state index contributed by atoms with van der Waals surface area (Å²) in [6.07, 6.45) is 4.30. The molecule has 3 fully saturated rings. The standard InChI is InChI=1S/C21H32F4O/c1-13-2-4-14(5-3-13)15-6-8-17(18(22)10-15)16-7-9-20(19(23)11-16)26-12-21(24)25/h12-20H,2-11H2,1H3. The molecule has 0 amide bonds. The van der Waals surface area contributed by atoms with Crippen molar-refractivity contribution in [3.05, 3.63) is 12.3 Å². The lowest BCUT2D eigenvalue weighted by Crippen LogP contribution is -2.40. The minimum atomic E-state index is -1.95. The molecule has 5 heteroatoms. The van der Waals surface area contributed by atoms with Gasteiger partial charge in [0.15, 0.2) is 0 Å². The predicted octanol–water partition coefficient (Wildman–Crippen LogP) is 6.83. The van der Waals surface area contributed by atoms with Gasteiger partial charge < -0.3 is 4.74 Å². The van der Waals surface area contributed by atoms with Crippen molar-refractivity contribution in [3.8, 4) is 0 Å². The second-order valence-corrected chi connectivity index (χ2v) is 8.94. The van der Waals surface area contributed by atoms with Crippen molar-refractivity contribution >= 4 is 0 Å². The van der Waals surface area contributed by atoms with E-state index in [0.717, 1.165) is 18.8 Å². The van der Waals surface area contributed by atoms with E-state index < -0.39 is 24.5 Å². The summed E-state index contributed by atoms with van der Waals surface area (Å²) in [5.41, 5.74) is 0. The number of ether oxygens (including phenoxy) is 1. The van der Waals surface area contributed by atoms with Crippen LogP contribution in [0.3, 0.4) is 0 Å². The maximum Gasteiger partial charge on any atom is 0.304 e. The van der Waals surface area contributed by atoms with Gasteiger partial charge in [-0.2, -0.15) is 8.78 Å². The van der Waals surface area contributed by atoms with Crippen molar-refractivity contribution < 1.29 is 22.3 Å². The Kier molecular flexibility index (Phi) is 6.90. The second-order valence-electron chi connectivity index (χ2n) is 8.94. The maximum absolute atomic E-state index is 14.9. The zero-order valence-corrected chi connectivity index (χ0v) is 15.7. The molecule has 0 aliphatic heterocycles. The van der Waals surface area contributed by atoms with Crippen molar-refractivity contribution in [2.24, 2.45) is 29.6 Å². The highest BCUT2D eigenvalue weighted by molar-refractivity contribution is 4.92. The average Bonchev–Trinajstić information content (AvgIpc) is 2.61. The molecule has 6 unspecified atom stereocenters. The van der Waals surface area contributed by atoms with Crippen LogP contribution in [0.25, 0.3) is 0 Å². The Morgan fingerprint density at radius 1 is 0.769 bits per heavy atom. The molecule has 0 aromatic rings. The molecule has 0 radical (unpaired) electrons. The molecule has 0 aromatic carbocycles. The highest BCUT2D eigenvalue weighted by atomic mass is 19.3. The van der Waals surface area contributed by atoms with Crippen LogP contribution in [0.15, 0.2) is 12.3 Å². The number of hydrogen-bond acceptors (Lipinski definition) is 1. The van der Waals surface area contributed by atoms with Gasteiger partial charge in [0, 0.05) is 0 Å². The van der Waals surface area contributed by atoms with E-state index >= 15 is 0 Å². The van der Waals surface area contributed by atoms with Crippen LogP contribution in [0.5, 0.6) is 0 Å². The van der Waals surface area contributed by atoms with Crippen LogP contribution < -0.4 is 0 Å². The van der Waals surface area contributed by atoms with Crippen LogP contribution in [0.2, 0.25) is 0 Å². The molecular formula is C21H32F4O. The fourth-order valence-corrected chi connectivity index (χ4v) is 5.68. The fraction of sp³-hybridized carbons (Fsp3) is 0.905. The van der Waals surface area contributed by atoms with Gasteiger partial charge in [0.1, 0.15) is 24.7 Å². The van der Waals surface area contributed by atoms with E-state index in [1.807, 2.05) is 0 Å². The van der Waals surface area contributed by atoms with E-state index in [4.69, 9.17) is 4.74 Å². The number of rotatable bonds is 4. The Labute approximate surface area is 154 Å². The number of alkyl halides is 2. The Morgan fingerprint density at radius 3 is 2.00 bits per heavy atom. The maximum atomic E-state index is 14.9. The van der Waals surface area contributed by atoms with Gasteiger partial charge in [0.2, 0.25) is 0 Å². The third-order valence-corrected chi connectivity index (χ3v) is 7.28. The molecule has 6 atom stereocenters. The molecule has 3 aliphatic carbocycles. The van der Waals surface area contributed by atoms with Gasteiger partial charge in [-0.25, -0.2) is 8.78 Å². The predicted molar refractivity (Wildman–Crippen MR) is 94.3 cm³/mol. The first-order chi connectivity index (χ1) is 12.4. The molecule has 0 heterocycles. The second kappa shape index (κ2) is 8.97. The quantitative estimate of drug-likeness (QED) is 0.386. The van der Waals surface area contributed by atoms with E-state index in [2.05, 4.69) is 6.92 Å². The SMILES string of the molecule is CC1CCC(C2CCC(C3CCC(OC=C(F)F)C(F)C3)C(F)C2)CC1. The van der Waals surface area contributed by atoms with E-state index in [0.29, 0.717) is 37.4 Å². The third kappa shape index (κ3) is 4.95. The van der Waals surface area contributed by atoms with E-state index in [1.165, 1.54) is 25.7 Å². The average molecular weight is 376 g/mol. The normalized spacial score (nSPS) is 44.3. The zero-order valence-electron chi connectivity index (χ0n) is 15.7. The van der Waals surface area contributed by atoms with Crippen LogP contribution in [-0.4, -0.2) is 18.4 Å². The van der Waals surface area contributed by atoms with Gasteiger partial charge in [-0.3, -0.25) is 0 Å². The smallest absolute Gasteiger partial charge is 0.304 e. The largest absolute Gasteiger partial charge is 0.489 e. The fourth-order valence-electron chi connectivity index (χ4n) is 5.68. The molecule has 0 bridgehead atoms. The summed E-state index contributed by atoms with van der Waals surface area (Å²) in [4.78, 5) is 0. The number of hydrogen-bond donors (Lipinski definition) is 0. The van der Waals surface area contributed by atoms with E-state index in [-0.39, 0.29) is 18.3 Å². The summed E-state index contributed by atoms with van der Waals surface area (Å²) >= 11 is 0. The Morgan fingerprint density at radius 2 is 1.38 bits per heavy atom. The van der Waals surface area contributed by atoms with Crippen LogP contribution in [0, 0.1) is 29.6 Å². The van der Waals surface area contributed by atoms with E-state index in [9.17, 15) is 17.6 Å². The zero-order chi connectivity index (χ0) is 18.7. The first-order valence-corrected chi connectivity index (χ1v) is 10.4. The van der Waals surface area contributed by atoms with Crippen LogP contribution in [0.4, 0.5) is 17.6 Å². The molecule has 26 heavy (non-hydrogen) atoms. The molecule has 1 nitrogen and oxygen atoms in total. The summed E-state index contributed by atoms with van der Waals surface area (Å²) in [5.74, 6) is 1.93. The highest BCUT2D eigenvalue weighted by Gasteiger charge is 2.42. The van der Waals surface area contributed by atoms with Gasteiger partial charge in [-0.05, 0) is 81.0 Å². The first kappa shape index (κ1) is 20.0. The molecule has 3 saturated carbocycles. The summed E-state index contributed by atoms with van der Waals surface area (Å²) < 4.78 is 58.3. The highest BCUT2D eigenvalue weighted by Crippen LogP contribution is 2.47. The van der Waals surface area contributed by atoms with Gasteiger partial charge >= 0.3 is 6.08 Å². The topological polar surface area (TPSA) is 9.23 Å². The lowest BCUT2D eigenvalue weighted by molar-refractivity contribution is -0.0263. The van der Waals surface area contributed by atoms with Crippen LogP contribution in [0.1, 0.15) is 71.1 Å². The summed E-state index contributed by atoms with van der Waals surface area (Å²) in [6.45, 7) is 2.30. The lowest BCUT2D eigenvalue weighted by atomic mass is 9.65. The monoisotopic (exact) mass is 376 g/mol. The van der Waals surface area contributed by atoms with Gasteiger partial charge in [0.25, 0.3) is 0 Å². The summed E-state index contributed by atoms with van der Waals surface area (Å²) in [6, 6.07) is 0. The van der Waals surface area contributed by atoms with Crippen molar-refractivity contribution in [1.82, 2.24) is 0 Å². The lowest BCUT2D eigenvalue weighted by Gasteiger charge is -2.43.